The highest BCUT2D eigenvalue weighted by Gasteiger charge is 2.37. The Morgan fingerprint density at radius 1 is 1.19 bits per heavy atom. The normalized spacial score (nSPS) is 11.8. The molecule has 0 aliphatic heterocycles. The standard InChI is InChI=1S/C18H15F3N2O3/c1-2-26-17(25)13-7-3-4-8-14(13)23-15(10-16(24)18(19,20)21)12-6-5-9-22-11-12/h3-11,23H,2H2,1H3/b15-10-. The molecule has 0 unspecified atom stereocenters. The molecule has 1 N–H and O–H groups in total. The first-order valence-corrected chi connectivity index (χ1v) is 7.59. The number of para-hydroxylation sites is 1. The average Bonchev–Trinajstić information content (AvgIpc) is 2.61. The highest BCUT2D eigenvalue weighted by atomic mass is 19.4. The number of esters is 1. The molecule has 26 heavy (non-hydrogen) atoms. The van der Waals surface area contributed by atoms with Gasteiger partial charge in [0.15, 0.2) is 0 Å². The predicted molar refractivity (Wildman–Crippen MR) is 89.3 cm³/mol. The summed E-state index contributed by atoms with van der Waals surface area (Å²) in [5.41, 5.74) is 0.445. The summed E-state index contributed by atoms with van der Waals surface area (Å²) in [5.74, 6) is -2.67. The summed E-state index contributed by atoms with van der Waals surface area (Å²) >= 11 is 0. The molecular formula is C18H15F3N2O3. The summed E-state index contributed by atoms with van der Waals surface area (Å²) in [6.07, 6.45) is -1.84. The van der Waals surface area contributed by atoms with Crippen LogP contribution in [-0.2, 0) is 9.53 Å². The lowest BCUT2D eigenvalue weighted by molar-refractivity contribution is -0.165. The molecule has 2 aromatic rings. The number of nitrogens with zero attached hydrogens (tertiary/aromatic N) is 1. The largest absolute Gasteiger partial charge is 0.462 e. The van der Waals surface area contributed by atoms with Crippen LogP contribution >= 0.6 is 0 Å². The number of alkyl halides is 3. The molecule has 136 valence electrons. The van der Waals surface area contributed by atoms with Gasteiger partial charge in [-0.15, -0.1) is 0 Å². The van der Waals surface area contributed by atoms with Crippen LogP contribution in [0.15, 0.2) is 54.9 Å². The van der Waals surface area contributed by atoms with Crippen molar-refractivity contribution < 1.29 is 27.5 Å². The number of carbonyl (C=O) groups excluding carboxylic acids is 2. The molecule has 0 spiro atoms. The number of ketones is 1. The fraction of sp³-hybridized carbons (Fsp3) is 0.167. The summed E-state index contributed by atoms with van der Waals surface area (Å²) in [4.78, 5) is 27.3. The molecule has 1 aromatic carbocycles. The van der Waals surface area contributed by atoms with Crippen LogP contribution in [0.1, 0.15) is 22.8 Å². The maximum Gasteiger partial charge on any atom is 0.454 e. The fourth-order valence-electron chi connectivity index (χ4n) is 2.05. The molecule has 0 fully saturated rings. The number of hydrogen-bond acceptors (Lipinski definition) is 5. The Labute approximate surface area is 147 Å². The van der Waals surface area contributed by atoms with Gasteiger partial charge in [0.25, 0.3) is 5.78 Å². The lowest BCUT2D eigenvalue weighted by Gasteiger charge is -2.14. The smallest absolute Gasteiger partial charge is 0.454 e. The number of aromatic nitrogens is 1. The van der Waals surface area contributed by atoms with Gasteiger partial charge in [-0.25, -0.2) is 4.79 Å². The zero-order valence-electron chi connectivity index (χ0n) is 13.7. The number of ether oxygens (including phenoxy) is 1. The number of allylic oxidation sites excluding steroid dienone is 1. The first kappa shape index (κ1) is 19.2. The molecule has 0 aliphatic rings. The van der Waals surface area contributed by atoms with Crippen molar-refractivity contribution in [2.75, 3.05) is 11.9 Å². The van der Waals surface area contributed by atoms with Gasteiger partial charge in [-0.05, 0) is 31.2 Å². The third-order valence-electron chi connectivity index (χ3n) is 3.22. The van der Waals surface area contributed by atoms with Crippen LogP contribution in [0.3, 0.4) is 0 Å². The minimum Gasteiger partial charge on any atom is -0.462 e. The summed E-state index contributed by atoms with van der Waals surface area (Å²) in [6.45, 7) is 1.78. The first-order chi connectivity index (χ1) is 12.3. The molecule has 0 atom stereocenters. The van der Waals surface area contributed by atoms with Crippen molar-refractivity contribution in [3.63, 3.8) is 0 Å². The summed E-state index contributed by atoms with van der Waals surface area (Å²) < 4.78 is 42.9. The van der Waals surface area contributed by atoms with Gasteiger partial charge in [-0.3, -0.25) is 9.78 Å². The second-order valence-electron chi connectivity index (χ2n) is 5.05. The van der Waals surface area contributed by atoms with E-state index in [2.05, 4.69) is 10.3 Å². The molecule has 0 saturated heterocycles. The Morgan fingerprint density at radius 3 is 2.54 bits per heavy atom. The van der Waals surface area contributed by atoms with Crippen LogP contribution in [0.25, 0.3) is 5.70 Å². The number of carbonyl (C=O) groups is 2. The Bertz CT molecular complexity index is 818. The number of anilines is 1. The molecule has 8 heteroatoms. The Hall–Kier alpha value is -3.16. The third-order valence-corrected chi connectivity index (χ3v) is 3.22. The molecular weight excluding hydrogens is 349 g/mol. The third kappa shape index (κ3) is 4.92. The van der Waals surface area contributed by atoms with Gasteiger partial charge in [-0.1, -0.05) is 12.1 Å². The van der Waals surface area contributed by atoms with Crippen molar-refractivity contribution >= 4 is 23.1 Å². The van der Waals surface area contributed by atoms with E-state index in [1.165, 1.54) is 36.7 Å². The number of benzene rings is 1. The van der Waals surface area contributed by atoms with Gasteiger partial charge >= 0.3 is 12.1 Å². The van der Waals surface area contributed by atoms with E-state index in [1.54, 1.807) is 19.1 Å². The van der Waals surface area contributed by atoms with E-state index >= 15 is 0 Å². The minimum absolute atomic E-state index is 0.128. The van der Waals surface area contributed by atoms with Crippen molar-refractivity contribution in [3.8, 4) is 0 Å². The van der Waals surface area contributed by atoms with Crippen molar-refractivity contribution in [3.05, 3.63) is 66.0 Å². The average molecular weight is 364 g/mol. The van der Waals surface area contributed by atoms with Crippen LogP contribution < -0.4 is 5.32 Å². The molecule has 1 heterocycles. The van der Waals surface area contributed by atoms with E-state index < -0.39 is 17.9 Å². The van der Waals surface area contributed by atoms with Gasteiger partial charge in [0.2, 0.25) is 0 Å². The summed E-state index contributed by atoms with van der Waals surface area (Å²) in [5, 5.41) is 2.71. The van der Waals surface area contributed by atoms with Gasteiger partial charge in [0, 0.05) is 24.0 Å². The lowest BCUT2D eigenvalue weighted by Crippen LogP contribution is -2.21. The SMILES string of the molecule is CCOC(=O)c1ccccc1N/C(=C\C(=O)C(F)(F)F)c1cccnc1. The number of halogens is 3. The molecule has 1 aromatic heterocycles. The van der Waals surface area contributed by atoms with E-state index in [4.69, 9.17) is 4.74 Å². The molecule has 0 amide bonds. The van der Waals surface area contributed by atoms with Gasteiger partial charge in [0.05, 0.1) is 23.6 Å². The van der Waals surface area contributed by atoms with Crippen LogP contribution in [0.5, 0.6) is 0 Å². The number of rotatable bonds is 6. The zero-order chi connectivity index (χ0) is 19.2. The molecule has 5 nitrogen and oxygen atoms in total. The Morgan fingerprint density at radius 2 is 1.92 bits per heavy atom. The van der Waals surface area contributed by atoms with E-state index in [-0.39, 0.29) is 29.1 Å². The first-order valence-electron chi connectivity index (χ1n) is 7.59. The fourth-order valence-corrected chi connectivity index (χ4v) is 2.05. The molecule has 0 saturated carbocycles. The molecule has 2 rings (SSSR count). The van der Waals surface area contributed by atoms with Crippen molar-refractivity contribution in [2.45, 2.75) is 13.1 Å². The van der Waals surface area contributed by atoms with Crippen LogP contribution in [-0.4, -0.2) is 29.5 Å². The van der Waals surface area contributed by atoms with Crippen LogP contribution in [0.2, 0.25) is 0 Å². The van der Waals surface area contributed by atoms with Gasteiger partial charge in [-0.2, -0.15) is 13.2 Å². The topological polar surface area (TPSA) is 68.3 Å². The second kappa shape index (κ2) is 8.28. The number of hydrogen-bond donors (Lipinski definition) is 1. The van der Waals surface area contributed by atoms with Crippen molar-refractivity contribution in [2.24, 2.45) is 0 Å². The maximum absolute atomic E-state index is 12.7. The Balaban J connectivity index is 2.45. The van der Waals surface area contributed by atoms with Crippen molar-refractivity contribution in [1.29, 1.82) is 0 Å². The molecule has 0 bridgehead atoms. The monoisotopic (exact) mass is 364 g/mol. The highest BCUT2D eigenvalue weighted by molar-refractivity contribution is 6.03. The summed E-state index contributed by atoms with van der Waals surface area (Å²) in [7, 11) is 0. The van der Waals surface area contributed by atoms with E-state index in [0.717, 1.165) is 0 Å². The van der Waals surface area contributed by atoms with E-state index in [9.17, 15) is 22.8 Å². The molecule has 0 radical (unpaired) electrons. The summed E-state index contributed by atoms with van der Waals surface area (Å²) in [6, 6.07) is 9.15. The van der Waals surface area contributed by atoms with E-state index in [0.29, 0.717) is 6.08 Å². The Kier molecular flexibility index (Phi) is 6.11. The van der Waals surface area contributed by atoms with Gasteiger partial charge in [0.1, 0.15) is 0 Å². The molecule has 0 aliphatic carbocycles. The zero-order valence-corrected chi connectivity index (χ0v) is 13.7. The lowest BCUT2D eigenvalue weighted by atomic mass is 10.1. The van der Waals surface area contributed by atoms with Crippen LogP contribution in [0, 0.1) is 0 Å². The highest BCUT2D eigenvalue weighted by Crippen LogP contribution is 2.25. The minimum atomic E-state index is -5.02. The van der Waals surface area contributed by atoms with Gasteiger partial charge < -0.3 is 10.1 Å². The van der Waals surface area contributed by atoms with Crippen LogP contribution in [0.4, 0.5) is 18.9 Å². The number of pyridine rings is 1. The quantitative estimate of drug-likeness (QED) is 0.623. The van der Waals surface area contributed by atoms with E-state index in [1.807, 2.05) is 0 Å². The predicted octanol–water partition coefficient (Wildman–Crippen LogP) is 3.84. The maximum atomic E-state index is 12.7. The van der Waals surface area contributed by atoms with Crippen molar-refractivity contribution in [1.82, 2.24) is 4.98 Å². The second-order valence-corrected chi connectivity index (χ2v) is 5.05. The number of nitrogens with one attached hydrogen (secondary N) is 1.